The number of hydrogen-bond acceptors (Lipinski definition) is 12. The number of amides is 2. The number of aliphatic hydroxyl groups is 2. The second-order valence-electron chi connectivity index (χ2n) is 19.5. The molecule has 2 spiro atoms. The van der Waals surface area contributed by atoms with E-state index in [9.17, 15) is 34.5 Å². The summed E-state index contributed by atoms with van der Waals surface area (Å²) in [5.74, 6) is -8.27. The number of ether oxygens (including phenoxy) is 5. The van der Waals surface area contributed by atoms with Gasteiger partial charge in [-0.05, 0) is 89.5 Å². The summed E-state index contributed by atoms with van der Waals surface area (Å²) in [7, 11) is 0. The lowest BCUT2D eigenvalue weighted by Gasteiger charge is -2.55. The van der Waals surface area contributed by atoms with Gasteiger partial charge in [0.15, 0.2) is 11.6 Å². The van der Waals surface area contributed by atoms with Crippen LogP contribution in [0, 0.1) is 41.4 Å². The monoisotopic (exact) mass is 864 g/mol. The molecule has 5 heterocycles. The fourth-order valence-electron chi connectivity index (χ4n) is 11.1. The molecule has 2 unspecified atom stereocenters. The predicted molar refractivity (Wildman–Crippen MR) is 227 cm³/mol. The maximum absolute atomic E-state index is 14.6. The van der Waals surface area contributed by atoms with Gasteiger partial charge in [0.1, 0.15) is 11.8 Å². The lowest BCUT2D eigenvalue weighted by atomic mass is 9.72. The van der Waals surface area contributed by atoms with E-state index in [1.54, 1.807) is 19.1 Å². The van der Waals surface area contributed by atoms with E-state index in [2.05, 4.69) is 17.6 Å². The lowest BCUT2D eigenvalue weighted by Crippen LogP contribution is -2.66. The van der Waals surface area contributed by atoms with E-state index in [1.165, 1.54) is 0 Å². The highest BCUT2D eigenvalue weighted by molar-refractivity contribution is 6.35. The highest BCUT2D eigenvalue weighted by atomic mass is 16.8. The lowest BCUT2D eigenvalue weighted by molar-refractivity contribution is -0.398. The smallest absolute Gasteiger partial charge is 0.309 e. The van der Waals surface area contributed by atoms with Crippen LogP contribution in [0.25, 0.3) is 0 Å². The fraction of sp³-hybridized carbons (Fsp3) is 0.870. The molecule has 0 aromatic carbocycles. The summed E-state index contributed by atoms with van der Waals surface area (Å²) in [6.45, 7) is 19.6. The number of aliphatic carboxylic acids is 1. The molecule has 5 aliphatic heterocycles. The molecule has 4 saturated heterocycles. The van der Waals surface area contributed by atoms with Gasteiger partial charge < -0.3 is 55.4 Å². The molecule has 0 saturated carbocycles. The number of carboxylic acids is 1. The standard InChI is InChI=1S/C46H77N3O12/c1-11-31(42(54)55)33-15-14-25(4)38(58-33)29(8)36(50)28(7)37(51)32(12-2)39-26(5)24-27(6)45(59-39)19-16-34(49-41(53)40(52)48-23-22-47)46(61-45)21-20-43(10,60-46)35-17-18-44(56,13-3)30(9)57-35/h16,19,25-36,38-39,50,56H,11-15,17-18,20-24,47H2,1-10H3,(H,48,52)(H,49,53)(H,54,55)/t25-,26-,27+,28-,29-,30-,31?,32-,33+,34+,35+,36+,38?,39-,43-,44+,45-,46-/m0/s1. The molecule has 2 amide bonds. The Labute approximate surface area is 362 Å². The number of ketones is 1. The van der Waals surface area contributed by atoms with Gasteiger partial charge in [-0.25, -0.2) is 0 Å². The zero-order valence-electron chi connectivity index (χ0n) is 38.3. The van der Waals surface area contributed by atoms with Crippen molar-refractivity contribution in [1.29, 1.82) is 0 Å². The van der Waals surface area contributed by atoms with Gasteiger partial charge in [-0.1, -0.05) is 61.5 Å². The molecule has 4 fully saturated rings. The Morgan fingerprint density at radius 1 is 0.885 bits per heavy atom. The Kier molecular flexibility index (Phi) is 16.0. The summed E-state index contributed by atoms with van der Waals surface area (Å²) in [5, 5.41) is 38.2. The van der Waals surface area contributed by atoms with Crippen molar-refractivity contribution in [2.24, 2.45) is 47.2 Å². The van der Waals surface area contributed by atoms with Crippen LogP contribution in [0.1, 0.15) is 133 Å². The molecular weight excluding hydrogens is 787 g/mol. The summed E-state index contributed by atoms with van der Waals surface area (Å²) in [6, 6.07) is -0.898. The SMILES string of the molecule is CCC(C(=O)O)[C@H]1CC[C@H](C)C([C@@H](C)[C@H](O)[C@H](C)C(=O)[C@H](CC)[C@H]2O[C@]3(C=C[C@@H](NC(=O)C(=O)NCCN)[C@]4(CC[C@@](C)([C@H]5CC[C@](O)(CC)[C@H](C)O5)O4)O3)[C@H](C)C[C@@H]2C)O1. The first-order valence-corrected chi connectivity index (χ1v) is 23.2. The molecule has 61 heavy (non-hydrogen) atoms. The summed E-state index contributed by atoms with van der Waals surface area (Å²) in [6.07, 6.45) is 5.54. The number of aliphatic hydroxyl groups excluding tert-OH is 1. The average Bonchev–Trinajstić information content (AvgIpc) is 3.57. The van der Waals surface area contributed by atoms with Crippen LogP contribution in [-0.2, 0) is 42.9 Å². The topological polar surface area (TPSA) is 225 Å². The number of nitrogens with two attached hydrogens (primary N) is 1. The molecule has 0 aromatic rings. The van der Waals surface area contributed by atoms with Crippen molar-refractivity contribution in [3.8, 4) is 0 Å². The van der Waals surface area contributed by atoms with Crippen LogP contribution in [0.4, 0.5) is 0 Å². The van der Waals surface area contributed by atoms with Crippen molar-refractivity contribution in [3.05, 3.63) is 12.2 Å². The second-order valence-corrected chi connectivity index (χ2v) is 19.5. The molecule has 5 rings (SSSR count). The van der Waals surface area contributed by atoms with Gasteiger partial charge in [-0.15, -0.1) is 0 Å². The Balaban J connectivity index is 1.40. The molecule has 15 nitrogen and oxygen atoms in total. The van der Waals surface area contributed by atoms with Crippen LogP contribution in [0.5, 0.6) is 0 Å². The number of carbonyl (C=O) groups is 4. The van der Waals surface area contributed by atoms with Gasteiger partial charge in [-0.3, -0.25) is 19.2 Å². The third kappa shape index (κ3) is 9.94. The average molecular weight is 864 g/mol. The molecule has 15 heteroatoms. The first kappa shape index (κ1) is 49.5. The number of nitrogens with one attached hydrogen (secondary N) is 2. The first-order chi connectivity index (χ1) is 28.6. The highest BCUT2D eigenvalue weighted by Gasteiger charge is 2.63. The number of hydrogen-bond donors (Lipinski definition) is 6. The van der Waals surface area contributed by atoms with Crippen LogP contribution in [0.3, 0.4) is 0 Å². The molecule has 5 aliphatic rings. The van der Waals surface area contributed by atoms with E-state index in [1.807, 2.05) is 55.4 Å². The van der Waals surface area contributed by atoms with Crippen LogP contribution in [-0.4, -0.2) is 117 Å². The number of rotatable bonds is 15. The minimum atomic E-state index is -1.49. The van der Waals surface area contributed by atoms with Gasteiger partial charge in [0.25, 0.3) is 0 Å². The van der Waals surface area contributed by atoms with Gasteiger partial charge >= 0.3 is 17.8 Å². The van der Waals surface area contributed by atoms with Crippen molar-refractivity contribution in [2.75, 3.05) is 13.1 Å². The van der Waals surface area contributed by atoms with E-state index >= 15 is 0 Å². The highest BCUT2D eigenvalue weighted by Crippen LogP contribution is 2.54. The van der Waals surface area contributed by atoms with Gasteiger partial charge in [0.05, 0.1) is 53.7 Å². The number of Topliss-reactive ketones (excluding diaryl/α,β-unsaturated/α-hetero) is 1. The molecular formula is C46H77N3O12. The molecule has 0 aromatic heterocycles. The Morgan fingerprint density at radius 2 is 1.57 bits per heavy atom. The van der Waals surface area contributed by atoms with Crippen molar-refractivity contribution in [1.82, 2.24) is 10.6 Å². The molecule has 18 atom stereocenters. The summed E-state index contributed by atoms with van der Waals surface area (Å²) >= 11 is 0. The summed E-state index contributed by atoms with van der Waals surface area (Å²) in [5.41, 5.74) is 3.73. The van der Waals surface area contributed by atoms with Gasteiger partial charge in [-0.2, -0.15) is 0 Å². The van der Waals surface area contributed by atoms with Crippen molar-refractivity contribution >= 4 is 23.6 Å². The number of carbonyl (C=O) groups excluding carboxylic acids is 3. The maximum atomic E-state index is 14.6. The van der Waals surface area contributed by atoms with E-state index in [4.69, 9.17) is 29.4 Å². The summed E-state index contributed by atoms with van der Waals surface area (Å²) in [4.78, 5) is 52.7. The van der Waals surface area contributed by atoms with Crippen molar-refractivity contribution in [3.63, 3.8) is 0 Å². The van der Waals surface area contributed by atoms with Crippen molar-refractivity contribution < 1.29 is 58.2 Å². The molecule has 0 bridgehead atoms. The quantitative estimate of drug-likeness (QED) is 0.0994. The largest absolute Gasteiger partial charge is 0.481 e. The maximum Gasteiger partial charge on any atom is 0.309 e. The predicted octanol–water partition coefficient (Wildman–Crippen LogP) is 4.39. The van der Waals surface area contributed by atoms with E-state index in [0.717, 1.165) is 6.42 Å². The third-order valence-corrected chi connectivity index (χ3v) is 15.4. The van der Waals surface area contributed by atoms with Crippen LogP contribution < -0.4 is 16.4 Å². The second kappa shape index (κ2) is 19.7. The van der Waals surface area contributed by atoms with Crippen LogP contribution >= 0.6 is 0 Å². The first-order valence-electron chi connectivity index (χ1n) is 23.2. The van der Waals surface area contributed by atoms with Crippen LogP contribution in [0.2, 0.25) is 0 Å². The van der Waals surface area contributed by atoms with Gasteiger partial charge in [0.2, 0.25) is 0 Å². The Hall–Kier alpha value is -2.50. The molecule has 348 valence electrons. The van der Waals surface area contributed by atoms with E-state index in [0.29, 0.717) is 57.8 Å². The zero-order chi connectivity index (χ0) is 45.2. The summed E-state index contributed by atoms with van der Waals surface area (Å²) < 4.78 is 34.2. The zero-order valence-corrected chi connectivity index (χ0v) is 38.3. The minimum Gasteiger partial charge on any atom is -0.481 e. The number of carboxylic acid groups (broad SMARTS) is 1. The van der Waals surface area contributed by atoms with E-state index in [-0.39, 0.29) is 36.6 Å². The minimum absolute atomic E-state index is 0.0680. The molecule has 7 N–H and O–H groups in total. The normalized spacial score (nSPS) is 41.4. The third-order valence-electron chi connectivity index (χ3n) is 15.4. The van der Waals surface area contributed by atoms with E-state index < -0.39 is 107 Å². The van der Waals surface area contributed by atoms with Gasteiger partial charge in [0, 0.05) is 43.2 Å². The Bertz CT molecular complexity index is 1600. The molecule has 0 aliphatic carbocycles. The fourth-order valence-corrected chi connectivity index (χ4v) is 11.1. The molecule has 0 radical (unpaired) electrons. The van der Waals surface area contributed by atoms with Crippen LogP contribution in [0.15, 0.2) is 12.2 Å². The van der Waals surface area contributed by atoms with Crippen molar-refractivity contribution in [2.45, 2.75) is 199 Å². The Morgan fingerprint density at radius 3 is 2.18 bits per heavy atom.